The van der Waals surface area contributed by atoms with Gasteiger partial charge in [-0.25, -0.2) is 4.98 Å². The molecular weight excluding hydrogens is 282 g/mol. The molecule has 1 aromatic heterocycles. The Morgan fingerprint density at radius 1 is 1.14 bits per heavy atom. The number of nitrogens with zero attached hydrogens (tertiary/aromatic N) is 1. The maximum absolute atomic E-state index is 6.12. The van der Waals surface area contributed by atoms with Gasteiger partial charge in [-0.05, 0) is 37.0 Å². The SMILES string of the molecule is Cc1cc(C)c(CCl)c(Oc2ccccc2C(C)(C)C)n1. The number of para-hydroxylation sites is 1. The molecule has 3 heteroatoms. The number of benzene rings is 1. The molecule has 1 heterocycles. The molecule has 0 spiro atoms. The zero-order chi connectivity index (χ0) is 15.6. The van der Waals surface area contributed by atoms with Gasteiger partial charge in [-0.1, -0.05) is 39.0 Å². The Bertz CT molecular complexity index is 644. The van der Waals surface area contributed by atoms with Crippen LogP contribution in [0, 0.1) is 13.8 Å². The molecule has 2 rings (SSSR count). The van der Waals surface area contributed by atoms with E-state index < -0.39 is 0 Å². The molecule has 0 N–H and O–H groups in total. The second-order valence-corrected chi connectivity index (χ2v) is 6.61. The molecule has 0 bridgehead atoms. The number of aryl methyl sites for hydroxylation is 2. The van der Waals surface area contributed by atoms with Gasteiger partial charge >= 0.3 is 0 Å². The highest BCUT2D eigenvalue weighted by Crippen LogP contribution is 2.35. The maximum Gasteiger partial charge on any atom is 0.224 e. The fraction of sp³-hybridized carbons (Fsp3) is 0.389. The second kappa shape index (κ2) is 6.07. The third-order valence-corrected chi connectivity index (χ3v) is 3.74. The van der Waals surface area contributed by atoms with Crippen LogP contribution in [-0.2, 0) is 11.3 Å². The van der Waals surface area contributed by atoms with Gasteiger partial charge in [0, 0.05) is 16.8 Å². The average Bonchev–Trinajstić information content (AvgIpc) is 2.37. The highest BCUT2D eigenvalue weighted by atomic mass is 35.5. The molecule has 2 aromatic rings. The first-order valence-corrected chi connectivity index (χ1v) is 7.67. The number of pyridine rings is 1. The zero-order valence-corrected chi connectivity index (χ0v) is 14.1. The fourth-order valence-corrected chi connectivity index (χ4v) is 2.68. The minimum Gasteiger partial charge on any atom is -0.438 e. The summed E-state index contributed by atoms with van der Waals surface area (Å²) in [6.07, 6.45) is 0. The van der Waals surface area contributed by atoms with Gasteiger partial charge in [0.25, 0.3) is 0 Å². The lowest BCUT2D eigenvalue weighted by atomic mass is 9.86. The van der Waals surface area contributed by atoms with Crippen molar-refractivity contribution in [3.05, 3.63) is 52.7 Å². The highest BCUT2D eigenvalue weighted by Gasteiger charge is 2.20. The number of hydrogen-bond acceptors (Lipinski definition) is 2. The summed E-state index contributed by atoms with van der Waals surface area (Å²) in [5.74, 6) is 1.85. The van der Waals surface area contributed by atoms with E-state index in [9.17, 15) is 0 Å². The van der Waals surface area contributed by atoms with Crippen LogP contribution >= 0.6 is 11.6 Å². The molecule has 0 unspecified atom stereocenters. The summed E-state index contributed by atoms with van der Waals surface area (Å²) in [6.45, 7) is 10.5. The van der Waals surface area contributed by atoms with Crippen molar-refractivity contribution >= 4 is 11.6 Å². The van der Waals surface area contributed by atoms with E-state index in [4.69, 9.17) is 16.3 Å². The van der Waals surface area contributed by atoms with Crippen LogP contribution in [0.15, 0.2) is 30.3 Å². The second-order valence-electron chi connectivity index (χ2n) is 6.35. The third kappa shape index (κ3) is 3.56. The molecular formula is C18H22ClNO. The van der Waals surface area contributed by atoms with E-state index in [0.29, 0.717) is 11.8 Å². The standard InChI is InChI=1S/C18H22ClNO/c1-12-10-13(2)20-17(14(12)11-19)21-16-9-7-6-8-15(16)18(3,4)5/h6-10H,11H2,1-5H3. The number of hydrogen-bond donors (Lipinski definition) is 0. The molecule has 112 valence electrons. The molecule has 0 fully saturated rings. The summed E-state index contributed by atoms with van der Waals surface area (Å²) in [4.78, 5) is 4.52. The van der Waals surface area contributed by atoms with Crippen molar-refractivity contribution in [1.82, 2.24) is 4.98 Å². The molecule has 21 heavy (non-hydrogen) atoms. The van der Waals surface area contributed by atoms with Gasteiger partial charge in [-0.3, -0.25) is 0 Å². The third-order valence-electron chi connectivity index (χ3n) is 3.47. The summed E-state index contributed by atoms with van der Waals surface area (Å²) in [5, 5.41) is 0. The Morgan fingerprint density at radius 3 is 2.43 bits per heavy atom. The number of aromatic nitrogens is 1. The average molecular weight is 304 g/mol. The largest absolute Gasteiger partial charge is 0.438 e. The van der Waals surface area contributed by atoms with Gasteiger partial charge in [-0.2, -0.15) is 0 Å². The molecule has 1 aromatic carbocycles. The molecule has 0 aliphatic rings. The van der Waals surface area contributed by atoms with Gasteiger partial charge in [0.1, 0.15) is 5.75 Å². The van der Waals surface area contributed by atoms with E-state index in [1.807, 2.05) is 38.1 Å². The fourth-order valence-electron chi connectivity index (χ4n) is 2.36. The predicted octanol–water partition coefficient (Wildman–Crippen LogP) is 5.53. The Balaban J connectivity index is 2.49. The molecule has 0 aliphatic carbocycles. The Morgan fingerprint density at radius 2 is 1.81 bits per heavy atom. The lowest BCUT2D eigenvalue weighted by molar-refractivity contribution is 0.434. The topological polar surface area (TPSA) is 22.1 Å². The van der Waals surface area contributed by atoms with E-state index in [1.54, 1.807) is 0 Å². The number of rotatable bonds is 3. The molecule has 0 amide bonds. The van der Waals surface area contributed by atoms with E-state index in [-0.39, 0.29) is 5.41 Å². The minimum absolute atomic E-state index is 0.0105. The van der Waals surface area contributed by atoms with Crippen LogP contribution < -0.4 is 4.74 Å². The van der Waals surface area contributed by atoms with Crippen molar-refractivity contribution in [3.63, 3.8) is 0 Å². The molecule has 0 aliphatic heterocycles. The van der Waals surface area contributed by atoms with E-state index in [1.165, 1.54) is 0 Å². The number of halogens is 1. The summed E-state index contributed by atoms with van der Waals surface area (Å²) in [6, 6.07) is 10.1. The van der Waals surface area contributed by atoms with E-state index in [2.05, 4.69) is 31.8 Å². The quantitative estimate of drug-likeness (QED) is 0.696. The first kappa shape index (κ1) is 15.8. The maximum atomic E-state index is 6.12. The molecule has 0 atom stereocenters. The van der Waals surface area contributed by atoms with Gasteiger partial charge in [-0.15, -0.1) is 11.6 Å². The van der Waals surface area contributed by atoms with E-state index in [0.717, 1.165) is 28.1 Å². The Kier molecular flexibility index (Phi) is 4.58. The Hall–Kier alpha value is -1.54. The van der Waals surface area contributed by atoms with Crippen LogP contribution in [0.1, 0.15) is 43.2 Å². The van der Waals surface area contributed by atoms with Crippen LogP contribution in [0.5, 0.6) is 11.6 Å². The van der Waals surface area contributed by atoms with Gasteiger partial charge in [0.15, 0.2) is 0 Å². The van der Waals surface area contributed by atoms with Crippen molar-refractivity contribution in [2.45, 2.75) is 45.9 Å². The molecule has 0 saturated heterocycles. The Labute approximate surface area is 132 Å². The van der Waals surface area contributed by atoms with Crippen molar-refractivity contribution in [2.75, 3.05) is 0 Å². The lowest BCUT2D eigenvalue weighted by Gasteiger charge is -2.23. The van der Waals surface area contributed by atoms with Gasteiger partial charge < -0.3 is 4.74 Å². The van der Waals surface area contributed by atoms with Crippen LogP contribution in [0.2, 0.25) is 0 Å². The number of alkyl halides is 1. The first-order valence-electron chi connectivity index (χ1n) is 7.13. The van der Waals surface area contributed by atoms with Crippen molar-refractivity contribution in [3.8, 4) is 11.6 Å². The molecule has 2 nitrogen and oxygen atoms in total. The summed E-state index contributed by atoms with van der Waals surface area (Å²) in [7, 11) is 0. The van der Waals surface area contributed by atoms with Crippen LogP contribution in [0.3, 0.4) is 0 Å². The van der Waals surface area contributed by atoms with Crippen molar-refractivity contribution in [1.29, 1.82) is 0 Å². The van der Waals surface area contributed by atoms with Crippen LogP contribution in [0.25, 0.3) is 0 Å². The van der Waals surface area contributed by atoms with E-state index >= 15 is 0 Å². The predicted molar refractivity (Wildman–Crippen MR) is 88.5 cm³/mol. The summed E-state index contributed by atoms with van der Waals surface area (Å²) in [5.41, 5.74) is 4.17. The van der Waals surface area contributed by atoms with Gasteiger partial charge in [0.2, 0.25) is 5.88 Å². The summed E-state index contributed by atoms with van der Waals surface area (Å²) >= 11 is 6.07. The monoisotopic (exact) mass is 303 g/mol. The molecule has 0 saturated carbocycles. The summed E-state index contributed by atoms with van der Waals surface area (Å²) < 4.78 is 6.12. The normalized spacial score (nSPS) is 11.5. The van der Waals surface area contributed by atoms with Crippen LogP contribution in [0.4, 0.5) is 0 Å². The number of ether oxygens (including phenoxy) is 1. The molecule has 0 radical (unpaired) electrons. The lowest BCUT2D eigenvalue weighted by Crippen LogP contribution is -2.12. The zero-order valence-electron chi connectivity index (χ0n) is 13.3. The van der Waals surface area contributed by atoms with Gasteiger partial charge in [0.05, 0.1) is 5.88 Å². The highest BCUT2D eigenvalue weighted by molar-refractivity contribution is 6.17. The van der Waals surface area contributed by atoms with Crippen LogP contribution in [-0.4, -0.2) is 4.98 Å². The minimum atomic E-state index is 0.0105. The first-order chi connectivity index (χ1) is 9.82. The van der Waals surface area contributed by atoms with Crippen molar-refractivity contribution < 1.29 is 4.74 Å². The smallest absolute Gasteiger partial charge is 0.224 e. The van der Waals surface area contributed by atoms with Crippen molar-refractivity contribution in [2.24, 2.45) is 0 Å².